The molecule has 0 saturated carbocycles. The molecule has 7 nitrogen and oxygen atoms in total. The van der Waals surface area contributed by atoms with Gasteiger partial charge in [0.05, 0.1) is 18.8 Å². The van der Waals surface area contributed by atoms with Crippen LogP contribution in [0.25, 0.3) is 0 Å². The highest BCUT2D eigenvalue weighted by Crippen LogP contribution is 2.22. The zero-order chi connectivity index (χ0) is 23.0. The fourth-order valence-corrected chi connectivity index (χ4v) is 4.71. The Labute approximate surface area is 200 Å². The van der Waals surface area contributed by atoms with Gasteiger partial charge >= 0.3 is 0 Å². The topological polar surface area (TPSA) is 66.3 Å². The van der Waals surface area contributed by atoms with Crippen LogP contribution in [-0.2, 0) is 17.9 Å². The number of hydrogen-bond acceptors (Lipinski definition) is 6. The number of nitrogens with zero attached hydrogens (tertiary/aromatic N) is 5. The number of amides is 1. The Kier molecular flexibility index (Phi) is 8.01. The second-order valence-electron chi connectivity index (χ2n) is 8.59. The molecule has 1 fully saturated rings. The van der Waals surface area contributed by atoms with Gasteiger partial charge in [-0.25, -0.2) is 0 Å². The molecule has 8 heteroatoms. The van der Waals surface area contributed by atoms with Crippen LogP contribution in [0.2, 0.25) is 0 Å². The molecule has 2 aromatic carbocycles. The molecular formula is C25H32N6OS. The van der Waals surface area contributed by atoms with Crippen LogP contribution in [0.5, 0.6) is 0 Å². The van der Waals surface area contributed by atoms with Gasteiger partial charge in [-0.15, -0.1) is 10.2 Å². The van der Waals surface area contributed by atoms with Crippen molar-refractivity contribution < 1.29 is 4.79 Å². The van der Waals surface area contributed by atoms with E-state index in [2.05, 4.69) is 37.1 Å². The molecule has 1 N–H and O–H groups in total. The SMILES string of the molecule is CN(C)c1ccc(NC(=O)CSc2nnc(CN3CCCCC3)n2Cc2ccccc2)cc1. The number of likely N-dealkylation sites (tertiary alicyclic amines) is 1. The minimum Gasteiger partial charge on any atom is -0.378 e. The summed E-state index contributed by atoms with van der Waals surface area (Å²) in [6.45, 7) is 3.71. The predicted molar refractivity (Wildman–Crippen MR) is 135 cm³/mol. The van der Waals surface area contributed by atoms with Gasteiger partial charge in [-0.2, -0.15) is 0 Å². The number of hydrogen-bond donors (Lipinski definition) is 1. The number of nitrogens with one attached hydrogen (secondary N) is 1. The Bertz CT molecular complexity index is 1030. The minimum absolute atomic E-state index is 0.0514. The molecule has 1 amide bonds. The molecular weight excluding hydrogens is 432 g/mol. The molecule has 3 aromatic rings. The number of anilines is 2. The summed E-state index contributed by atoms with van der Waals surface area (Å²) < 4.78 is 2.16. The molecule has 0 spiro atoms. The first-order chi connectivity index (χ1) is 16.1. The van der Waals surface area contributed by atoms with Crippen molar-refractivity contribution in [2.45, 2.75) is 37.5 Å². The van der Waals surface area contributed by atoms with E-state index in [1.165, 1.54) is 36.6 Å². The van der Waals surface area contributed by atoms with E-state index in [1.54, 1.807) is 0 Å². The smallest absolute Gasteiger partial charge is 0.234 e. The average Bonchev–Trinajstić information content (AvgIpc) is 3.20. The Morgan fingerprint density at radius 1 is 0.970 bits per heavy atom. The molecule has 0 aliphatic carbocycles. The molecule has 0 bridgehead atoms. The van der Waals surface area contributed by atoms with Crippen LogP contribution in [0.1, 0.15) is 30.7 Å². The van der Waals surface area contributed by atoms with Gasteiger partial charge in [0.25, 0.3) is 0 Å². The molecule has 1 saturated heterocycles. The molecule has 1 aliphatic rings. The van der Waals surface area contributed by atoms with E-state index in [-0.39, 0.29) is 11.7 Å². The number of aromatic nitrogens is 3. The highest BCUT2D eigenvalue weighted by Gasteiger charge is 2.18. The fraction of sp³-hybridized carbons (Fsp3) is 0.400. The van der Waals surface area contributed by atoms with Crippen molar-refractivity contribution in [3.8, 4) is 0 Å². The van der Waals surface area contributed by atoms with Gasteiger partial charge in [-0.05, 0) is 55.8 Å². The average molecular weight is 465 g/mol. The van der Waals surface area contributed by atoms with Gasteiger partial charge in [-0.3, -0.25) is 9.69 Å². The van der Waals surface area contributed by atoms with Crippen molar-refractivity contribution in [3.63, 3.8) is 0 Å². The van der Waals surface area contributed by atoms with Gasteiger partial charge in [0.1, 0.15) is 5.82 Å². The maximum absolute atomic E-state index is 12.6. The van der Waals surface area contributed by atoms with Crippen LogP contribution >= 0.6 is 11.8 Å². The largest absolute Gasteiger partial charge is 0.378 e. The lowest BCUT2D eigenvalue weighted by atomic mass is 10.1. The lowest BCUT2D eigenvalue weighted by Crippen LogP contribution is -2.30. The van der Waals surface area contributed by atoms with Crippen LogP contribution in [0, 0.1) is 0 Å². The molecule has 2 heterocycles. The summed E-state index contributed by atoms with van der Waals surface area (Å²) in [4.78, 5) is 17.1. The lowest BCUT2D eigenvalue weighted by molar-refractivity contribution is -0.113. The molecule has 0 atom stereocenters. The van der Waals surface area contributed by atoms with E-state index in [9.17, 15) is 4.79 Å². The van der Waals surface area contributed by atoms with E-state index in [0.29, 0.717) is 6.54 Å². The van der Waals surface area contributed by atoms with Gasteiger partial charge in [0, 0.05) is 25.5 Å². The van der Waals surface area contributed by atoms with Crippen LogP contribution in [0.3, 0.4) is 0 Å². The summed E-state index contributed by atoms with van der Waals surface area (Å²) in [7, 11) is 3.99. The first kappa shape index (κ1) is 23.3. The standard InChI is InChI=1S/C25H32N6OS/c1-29(2)22-13-11-21(12-14-22)26-24(32)19-33-25-28-27-23(18-30-15-7-4-8-16-30)31(25)17-20-9-5-3-6-10-20/h3,5-6,9-14H,4,7-8,15-19H2,1-2H3,(H,26,32). The first-order valence-electron chi connectivity index (χ1n) is 11.5. The highest BCUT2D eigenvalue weighted by atomic mass is 32.2. The van der Waals surface area contributed by atoms with E-state index >= 15 is 0 Å². The third kappa shape index (κ3) is 6.58. The second-order valence-corrected chi connectivity index (χ2v) is 9.53. The quantitative estimate of drug-likeness (QED) is 0.481. The Morgan fingerprint density at radius 2 is 1.70 bits per heavy atom. The first-order valence-corrected chi connectivity index (χ1v) is 12.5. The van der Waals surface area contributed by atoms with Gasteiger partial charge in [0.2, 0.25) is 5.91 Å². The molecule has 0 radical (unpaired) electrons. The van der Waals surface area contributed by atoms with Crippen molar-refractivity contribution >= 4 is 29.0 Å². The lowest BCUT2D eigenvalue weighted by Gasteiger charge is -2.26. The van der Waals surface area contributed by atoms with Gasteiger partial charge in [0.15, 0.2) is 5.16 Å². The third-order valence-electron chi connectivity index (χ3n) is 5.79. The van der Waals surface area contributed by atoms with Crippen LogP contribution in [-0.4, -0.2) is 58.5 Å². The molecule has 174 valence electrons. The van der Waals surface area contributed by atoms with Crippen LogP contribution in [0.15, 0.2) is 59.8 Å². The number of thioether (sulfide) groups is 1. The second kappa shape index (κ2) is 11.3. The number of carbonyl (C=O) groups is 1. The Morgan fingerprint density at radius 3 is 2.39 bits per heavy atom. The van der Waals surface area contributed by atoms with E-state index in [0.717, 1.165) is 42.0 Å². The summed E-state index contributed by atoms with van der Waals surface area (Å²) in [5, 5.41) is 12.7. The summed E-state index contributed by atoms with van der Waals surface area (Å²) >= 11 is 1.44. The molecule has 1 aromatic heterocycles. The van der Waals surface area contributed by atoms with Crippen molar-refractivity contribution in [1.29, 1.82) is 0 Å². The summed E-state index contributed by atoms with van der Waals surface area (Å²) in [6, 6.07) is 18.2. The third-order valence-corrected chi connectivity index (χ3v) is 6.76. The predicted octanol–water partition coefficient (Wildman–Crippen LogP) is 4.11. The molecule has 1 aliphatic heterocycles. The minimum atomic E-state index is -0.0514. The van der Waals surface area contributed by atoms with Crippen LogP contribution < -0.4 is 10.2 Å². The van der Waals surface area contributed by atoms with Crippen molar-refractivity contribution in [1.82, 2.24) is 19.7 Å². The van der Waals surface area contributed by atoms with Crippen molar-refractivity contribution in [2.75, 3.05) is 43.2 Å². The van der Waals surface area contributed by atoms with E-state index in [4.69, 9.17) is 0 Å². The van der Waals surface area contributed by atoms with E-state index < -0.39 is 0 Å². The summed E-state index contributed by atoms with van der Waals surface area (Å²) in [5.74, 6) is 1.19. The summed E-state index contributed by atoms with van der Waals surface area (Å²) in [6.07, 6.45) is 3.79. The van der Waals surface area contributed by atoms with Gasteiger partial charge < -0.3 is 14.8 Å². The number of benzene rings is 2. The van der Waals surface area contributed by atoms with Gasteiger partial charge in [-0.1, -0.05) is 48.5 Å². The molecule has 33 heavy (non-hydrogen) atoms. The zero-order valence-electron chi connectivity index (χ0n) is 19.4. The van der Waals surface area contributed by atoms with Crippen molar-refractivity contribution in [2.24, 2.45) is 0 Å². The van der Waals surface area contributed by atoms with E-state index in [1.807, 2.05) is 61.5 Å². The van der Waals surface area contributed by atoms with Crippen molar-refractivity contribution in [3.05, 3.63) is 66.0 Å². The summed E-state index contributed by atoms with van der Waals surface area (Å²) in [5.41, 5.74) is 3.09. The van der Waals surface area contributed by atoms with Crippen LogP contribution in [0.4, 0.5) is 11.4 Å². The number of piperidine rings is 1. The molecule has 4 rings (SSSR count). The monoisotopic (exact) mass is 464 g/mol. The maximum atomic E-state index is 12.6. The fourth-order valence-electron chi connectivity index (χ4n) is 3.96. The normalized spacial score (nSPS) is 14.2. The molecule has 0 unspecified atom stereocenters. The number of rotatable bonds is 9. The highest BCUT2D eigenvalue weighted by molar-refractivity contribution is 7.99. The number of carbonyl (C=O) groups excluding carboxylic acids is 1. The Hall–Kier alpha value is -2.84. The zero-order valence-corrected chi connectivity index (χ0v) is 20.2. The Balaban J connectivity index is 1.42. The maximum Gasteiger partial charge on any atom is 0.234 e.